The molecule has 7 heteroatoms. The minimum atomic E-state index is -0.741. The first-order chi connectivity index (χ1) is 15.4. The zero-order valence-electron chi connectivity index (χ0n) is 17.6. The molecule has 0 radical (unpaired) electrons. The average Bonchev–Trinajstić information content (AvgIpc) is 3.04. The average molecular weight is 493 g/mol. The number of carbonyl (C=O) groups excluding carboxylic acids is 2. The van der Waals surface area contributed by atoms with Crippen molar-refractivity contribution in [2.24, 2.45) is 0 Å². The number of halogens is 1. The molecule has 1 amide bonds. The van der Waals surface area contributed by atoms with E-state index in [9.17, 15) is 14.7 Å². The maximum absolute atomic E-state index is 13.1. The second-order valence-electron chi connectivity index (χ2n) is 7.53. The summed E-state index contributed by atoms with van der Waals surface area (Å²) in [5.74, 6) is -0.926. The summed E-state index contributed by atoms with van der Waals surface area (Å²) in [5, 5.41) is 11.2. The largest absolute Gasteiger partial charge is 0.507 e. The Hall–Kier alpha value is -3.45. The third-order valence-electron chi connectivity index (χ3n) is 5.45. The number of ether oxygens (including phenoxy) is 1. The number of nitrogens with zero attached hydrogens (tertiary/aromatic N) is 2. The highest BCUT2D eigenvalue weighted by Gasteiger charge is 2.46. The van der Waals surface area contributed by atoms with Gasteiger partial charge >= 0.3 is 0 Å². The summed E-state index contributed by atoms with van der Waals surface area (Å²) >= 11 is 3.46. The minimum Gasteiger partial charge on any atom is -0.507 e. The Kier molecular flexibility index (Phi) is 6.10. The third kappa shape index (κ3) is 4.03. The predicted molar refractivity (Wildman–Crippen MR) is 124 cm³/mol. The van der Waals surface area contributed by atoms with Gasteiger partial charge in [-0.2, -0.15) is 0 Å². The molecule has 6 nitrogen and oxygen atoms in total. The standard InChI is InChI=1S/C25H21BrN2O4/c1-15-11-18(8-9-20(15)32-2)23(29)21-22(17-6-3-7-19(26)12-17)28(25(31)24(21)30)14-16-5-4-10-27-13-16/h3-13,22,29H,14H2,1-2H3/b23-21+. The molecule has 1 aliphatic heterocycles. The quantitative estimate of drug-likeness (QED) is 0.314. The molecular weight excluding hydrogens is 472 g/mol. The molecule has 3 aromatic rings. The zero-order chi connectivity index (χ0) is 22.8. The molecule has 1 saturated heterocycles. The van der Waals surface area contributed by atoms with Gasteiger partial charge in [0, 0.05) is 29.0 Å². The molecule has 162 valence electrons. The van der Waals surface area contributed by atoms with E-state index in [1.807, 2.05) is 37.3 Å². The highest BCUT2D eigenvalue weighted by atomic mass is 79.9. The van der Waals surface area contributed by atoms with Gasteiger partial charge in [0.05, 0.1) is 18.7 Å². The molecule has 0 bridgehead atoms. The molecule has 1 atom stereocenters. The summed E-state index contributed by atoms with van der Waals surface area (Å²) in [4.78, 5) is 31.8. The van der Waals surface area contributed by atoms with Gasteiger partial charge in [0.25, 0.3) is 11.7 Å². The van der Waals surface area contributed by atoms with Gasteiger partial charge in [0.1, 0.15) is 11.5 Å². The van der Waals surface area contributed by atoms with Crippen LogP contribution in [0, 0.1) is 6.92 Å². The van der Waals surface area contributed by atoms with Gasteiger partial charge in [-0.3, -0.25) is 14.6 Å². The van der Waals surface area contributed by atoms with Crippen LogP contribution >= 0.6 is 15.9 Å². The number of carbonyl (C=O) groups is 2. The van der Waals surface area contributed by atoms with E-state index in [2.05, 4.69) is 20.9 Å². The second kappa shape index (κ2) is 8.96. The van der Waals surface area contributed by atoms with Crippen LogP contribution in [0.25, 0.3) is 5.76 Å². The van der Waals surface area contributed by atoms with Crippen molar-refractivity contribution in [2.45, 2.75) is 19.5 Å². The lowest BCUT2D eigenvalue weighted by atomic mass is 9.94. The number of aromatic nitrogens is 1. The van der Waals surface area contributed by atoms with Crippen molar-refractivity contribution < 1.29 is 19.4 Å². The fourth-order valence-corrected chi connectivity index (χ4v) is 4.35. The lowest BCUT2D eigenvalue weighted by molar-refractivity contribution is -0.140. The van der Waals surface area contributed by atoms with Gasteiger partial charge in [-0.1, -0.05) is 34.1 Å². The molecule has 1 unspecified atom stereocenters. The summed E-state index contributed by atoms with van der Waals surface area (Å²) in [6.45, 7) is 2.04. The second-order valence-corrected chi connectivity index (χ2v) is 8.44. The maximum Gasteiger partial charge on any atom is 0.295 e. The van der Waals surface area contributed by atoms with E-state index in [4.69, 9.17) is 4.74 Å². The number of aryl methyl sites for hydroxylation is 1. The number of methoxy groups -OCH3 is 1. The van der Waals surface area contributed by atoms with E-state index in [0.29, 0.717) is 16.9 Å². The monoisotopic (exact) mass is 492 g/mol. The number of likely N-dealkylation sites (tertiary alicyclic amines) is 1. The molecule has 2 heterocycles. The molecule has 1 aliphatic rings. The van der Waals surface area contributed by atoms with Gasteiger partial charge in [-0.15, -0.1) is 0 Å². The van der Waals surface area contributed by atoms with Gasteiger partial charge < -0.3 is 14.7 Å². The van der Waals surface area contributed by atoms with Crippen LogP contribution in [0.2, 0.25) is 0 Å². The zero-order valence-corrected chi connectivity index (χ0v) is 19.2. The molecule has 1 N–H and O–H groups in total. The molecule has 32 heavy (non-hydrogen) atoms. The molecule has 0 saturated carbocycles. The van der Waals surface area contributed by atoms with Crippen LogP contribution in [0.3, 0.4) is 0 Å². The fourth-order valence-electron chi connectivity index (χ4n) is 3.94. The SMILES string of the molecule is COc1ccc(/C(O)=C2\C(=O)C(=O)N(Cc3cccnc3)C2c2cccc(Br)c2)cc1C. The van der Waals surface area contributed by atoms with E-state index >= 15 is 0 Å². The summed E-state index contributed by atoms with van der Waals surface area (Å²) in [5.41, 5.74) is 2.81. The molecule has 1 fully saturated rings. The van der Waals surface area contributed by atoms with Crippen LogP contribution in [-0.4, -0.2) is 33.8 Å². The number of hydrogen-bond donors (Lipinski definition) is 1. The van der Waals surface area contributed by atoms with Crippen LogP contribution in [0.4, 0.5) is 0 Å². The van der Waals surface area contributed by atoms with Crippen molar-refractivity contribution in [3.63, 3.8) is 0 Å². The van der Waals surface area contributed by atoms with Crippen LogP contribution in [0.15, 0.2) is 77.0 Å². The minimum absolute atomic E-state index is 0.0570. The van der Waals surface area contributed by atoms with Crippen LogP contribution in [0.1, 0.15) is 28.3 Å². The molecule has 0 aliphatic carbocycles. The highest BCUT2D eigenvalue weighted by Crippen LogP contribution is 2.41. The van der Waals surface area contributed by atoms with Gasteiger partial charge in [0.15, 0.2) is 0 Å². The number of benzene rings is 2. The number of amides is 1. The predicted octanol–water partition coefficient (Wildman–Crippen LogP) is 4.78. The molecule has 0 spiro atoms. The van der Waals surface area contributed by atoms with E-state index in [1.54, 1.807) is 43.8 Å². The number of aliphatic hydroxyl groups is 1. The van der Waals surface area contributed by atoms with Gasteiger partial charge in [-0.05, 0) is 60.0 Å². The van der Waals surface area contributed by atoms with Crippen molar-refractivity contribution in [3.8, 4) is 5.75 Å². The van der Waals surface area contributed by atoms with E-state index in [1.165, 1.54) is 4.90 Å². The Balaban J connectivity index is 1.87. The number of pyridine rings is 1. The first-order valence-electron chi connectivity index (χ1n) is 9.98. The lowest BCUT2D eigenvalue weighted by Gasteiger charge is -2.25. The maximum atomic E-state index is 13.1. The topological polar surface area (TPSA) is 79.7 Å². The third-order valence-corrected chi connectivity index (χ3v) is 5.94. The summed E-state index contributed by atoms with van der Waals surface area (Å²) in [6.07, 6.45) is 3.31. The molecule has 1 aromatic heterocycles. The molecular formula is C25H21BrN2O4. The Labute approximate surface area is 194 Å². The summed E-state index contributed by atoms with van der Waals surface area (Å²) in [6, 6.07) is 15.4. The van der Waals surface area contributed by atoms with Crippen molar-refractivity contribution >= 4 is 33.4 Å². The Bertz CT molecular complexity index is 1220. The Morgan fingerprint density at radius 3 is 2.62 bits per heavy atom. The number of aliphatic hydroxyl groups excluding tert-OH is 1. The van der Waals surface area contributed by atoms with E-state index in [-0.39, 0.29) is 17.9 Å². The number of Topliss-reactive ketones (excluding diaryl/α,β-unsaturated/α-hetero) is 1. The smallest absolute Gasteiger partial charge is 0.295 e. The number of hydrogen-bond acceptors (Lipinski definition) is 5. The first kappa shape index (κ1) is 21.8. The first-order valence-corrected chi connectivity index (χ1v) is 10.8. The molecule has 4 rings (SSSR count). The van der Waals surface area contributed by atoms with Crippen molar-refractivity contribution in [2.75, 3.05) is 7.11 Å². The van der Waals surface area contributed by atoms with Crippen LogP contribution < -0.4 is 4.74 Å². The Morgan fingerprint density at radius 2 is 1.97 bits per heavy atom. The summed E-state index contributed by atoms with van der Waals surface area (Å²) in [7, 11) is 1.57. The lowest BCUT2D eigenvalue weighted by Crippen LogP contribution is -2.29. The van der Waals surface area contributed by atoms with Crippen LogP contribution in [0.5, 0.6) is 5.75 Å². The highest BCUT2D eigenvalue weighted by molar-refractivity contribution is 9.10. The van der Waals surface area contributed by atoms with Crippen molar-refractivity contribution in [1.29, 1.82) is 0 Å². The molecule has 2 aromatic carbocycles. The number of rotatable bonds is 5. The van der Waals surface area contributed by atoms with Crippen molar-refractivity contribution in [1.82, 2.24) is 9.88 Å². The fraction of sp³-hybridized carbons (Fsp3) is 0.160. The van der Waals surface area contributed by atoms with E-state index < -0.39 is 17.7 Å². The Morgan fingerprint density at radius 1 is 1.16 bits per heavy atom. The normalized spacial score (nSPS) is 17.6. The van der Waals surface area contributed by atoms with Gasteiger partial charge in [0.2, 0.25) is 0 Å². The van der Waals surface area contributed by atoms with Gasteiger partial charge in [-0.25, -0.2) is 0 Å². The van der Waals surface area contributed by atoms with Crippen LogP contribution in [-0.2, 0) is 16.1 Å². The number of ketones is 1. The summed E-state index contributed by atoms with van der Waals surface area (Å²) < 4.78 is 6.10. The van der Waals surface area contributed by atoms with Crippen molar-refractivity contribution in [3.05, 3.63) is 99.3 Å². The van der Waals surface area contributed by atoms with E-state index in [0.717, 1.165) is 15.6 Å².